The number of hydrogen-bond acceptors (Lipinski definition) is 3. The highest BCUT2D eigenvalue weighted by molar-refractivity contribution is 5.88. The molecule has 6 nitrogen and oxygen atoms in total. The van der Waals surface area contributed by atoms with Crippen LogP contribution < -0.4 is 5.32 Å². The molecular formula is C15H26N2O4. The summed E-state index contributed by atoms with van der Waals surface area (Å²) < 4.78 is 0. The van der Waals surface area contributed by atoms with E-state index in [1.807, 2.05) is 0 Å². The summed E-state index contributed by atoms with van der Waals surface area (Å²) in [5.41, 5.74) is -1.56. The van der Waals surface area contributed by atoms with Crippen LogP contribution in [0, 0.1) is 5.41 Å². The van der Waals surface area contributed by atoms with Gasteiger partial charge in [0.1, 0.15) is 5.54 Å². The second-order valence-corrected chi connectivity index (χ2v) is 6.60. The van der Waals surface area contributed by atoms with Crippen LogP contribution >= 0.6 is 0 Å². The standard InChI is InChI=1S/C15H26N2O4/c1-5-15(13(20)21)8-6-10-17(15)11(18)7-9-16-12(19)14(2,3)4/h5-10H2,1-4H3,(H,16,19)(H,20,21). The average molecular weight is 298 g/mol. The normalized spacial score (nSPS) is 22.2. The molecule has 6 heteroatoms. The third kappa shape index (κ3) is 3.74. The van der Waals surface area contributed by atoms with Crippen LogP contribution in [0.2, 0.25) is 0 Å². The maximum absolute atomic E-state index is 12.3. The molecule has 2 amide bonds. The van der Waals surface area contributed by atoms with E-state index in [1.54, 1.807) is 27.7 Å². The van der Waals surface area contributed by atoms with Crippen LogP contribution in [0.25, 0.3) is 0 Å². The predicted molar refractivity (Wildman–Crippen MR) is 78.7 cm³/mol. The molecule has 0 aromatic carbocycles. The van der Waals surface area contributed by atoms with Crippen molar-refractivity contribution in [3.05, 3.63) is 0 Å². The Hall–Kier alpha value is -1.59. The number of nitrogens with zero attached hydrogens (tertiary/aromatic N) is 1. The highest BCUT2D eigenvalue weighted by atomic mass is 16.4. The van der Waals surface area contributed by atoms with E-state index in [9.17, 15) is 19.5 Å². The first kappa shape index (κ1) is 17.5. The fourth-order valence-corrected chi connectivity index (χ4v) is 2.67. The van der Waals surface area contributed by atoms with Crippen LogP contribution in [0.3, 0.4) is 0 Å². The summed E-state index contributed by atoms with van der Waals surface area (Å²) in [6.07, 6.45) is 1.75. The zero-order valence-electron chi connectivity index (χ0n) is 13.4. The third-order valence-electron chi connectivity index (χ3n) is 4.08. The van der Waals surface area contributed by atoms with Gasteiger partial charge in [-0.05, 0) is 19.3 Å². The summed E-state index contributed by atoms with van der Waals surface area (Å²) in [5.74, 6) is -1.25. The van der Waals surface area contributed by atoms with Gasteiger partial charge in [0, 0.05) is 24.9 Å². The zero-order valence-corrected chi connectivity index (χ0v) is 13.4. The van der Waals surface area contributed by atoms with Gasteiger partial charge in [-0.2, -0.15) is 0 Å². The SMILES string of the molecule is CCC1(C(=O)O)CCCN1C(=O)CCNC(=O)C(C)(C)C. The molecule has 120 valence electrons. The van der Waals surface area contributed by atoms with Gasteiger partial charge in [-0.25, -0.2) is 4.79 Å². The van der Waals surface area contributed by atoms with Crippen LogP contribution in [0.4, 0.5) is 0 Å². The number of likely N-dealkylation sites (tertiary alicyclic amines) is 1. The molecule has 1 unspecified atom stereocenters. The van der Waals surface area contributed by atoms with E-state index >= 15 is 0 Å². The van der Waals surface area contributed by atoms with Gasteiger partial charge in [0.05, 0.1) is 0 Å². The highest BCUT2D eigenvalue weighted by Gasteiger charge is 2.48. The molecule has 21 heavy (non-hydrogen) atoms. The third-order valence-corrected chi connectivity index (χ3v) is 4.08. The molecule has 0 saturated carbocycles. The molecule has 1 saturated heterocycles. The van der Waals surface area contributed by atoms with Gasteiger partial charge in [0.15, 0.2) is 0 Å². The number of carboxylic acid groups (broad SMARTS) is 1. The number of carboxylic acids is 1. The lowest BCUT2D eigenvalue weighted by molar-refractivity contribution is -0.156. The molecular weight excluding hydrogens is 272 g/mol. The van der Waals surface area contributed by atoms with Crippen molar-refractivity contribution in [2.45, 2.75) is 58.9 Å². The van der Waals surface area contributed by atoms with Crippen molar-refractivity contribution in [1.82, 2.24) is 10.2 Å². The van der Waals surface area contributed by atoms with Crippen molar-refractivity contribution in [3.8, 4) is 0 Å². The number of rotatable bonds is 5. The van der Waals surface area contributed by atoms with E-state index in [-0.39, 0.29) is 24.8 Å². The summed E-state index contributed by atoms with van der Waals surface area (Å²) in [4.78, 5) is 37.0. The van der Waals surface area contributed by atoms with E-state index in [2.05, 4.69) is 5.32 Å². The Morgan fingerprint density at radius 1 is 1.29 bits per heavy atom. The summed E-state index contributed by atoms with van der Waals surface area (Å²) >= 11 is 0. The van der Waals surface area contributed by atoms with Gasteiger partial charge < -0.3 is 15.3 Å². The van der Waals surface area contributed by atoms with E-state index in [1.165, 1.54) is 4.90 Å². The second-order valence-electron chi connectivity index (χ2n) is 6.60. The van der Waals surface area contributed by atoms with E-state index in [0.29, 0.717) is 25.8 Å². The molecule has 1 fully saturated rings. The zero-order chi connectivity index (χ0) is 16.3. The molecule has 1 aliphatic heterocycles. The van der Waals surface area contributed by atoms with Crippen molar-refractivity contribution in [3.63, 3.8) is 0 Å². The quantitative estimate of drug-likeness (QED) is 0.803. The fourth-order valence-electron chi connectivity index (χ4n) is 2.67. The fraction of sp³-hybridized carbons (Fsp3) is 0.800. The van der Waals surface area contributed by atoms with E-state index < -0.39 is 16.9 Å². The molecule has 0 aliphatic carbocycles. The molecule has 1 atom stereocenters. The van der Waals surface area contributed by atoms with Gasteiger partial charge in [-0.15, -0.1) is 0 Å². The number of hydrogen-bond donors (Lipinski definition) is 2. The molecule has 1 aliphatic rings. The highest BCUT2D eigenvalue weighted by Crippen LogP contribution is 2.33. The lowest BCUT2D eigenvalue weighted by Crippen LogP contribution is -2.53. The van der Waals surface area contributed by atoms with Gasteiger partial charge in [-0.1, -0.05) is 27.7 Å². The van der Waals surface area contributed by atoms with E-state index in [0.717, 1.165) is 0 Å². The summed E-state index contributed by atoms with van der Waals surface area (Å²) in [5, 5.41) is 12.2. The van der Waals surface area contributed by atoms with Crippen LogP contribution in [0.1, 0.15) is 53.4 Å². The van der Waals surface area contributed by atoms with Gasteiger partial charge in [0.25, 0.3) is 0 Å². The minimum atomic E-state index is -1.06. The molecule has 0 aromatic heterocycles. The Bertz CT molecular complexity index is 428. The van der Waals surface area contributed by atoms with E-state index in [4.69, 9.17) is 0 Å². The second kappa shape index (κ2) is 6.45. The minimum Gasteiger partial charge on any atom is -0.479 e. The van der Waals surface area contributed by atoms with Crippen molar-refractivity contribution in [2.75, 3.05) is 13.1 Å². The largest absolute Gasteiger partial charge is 0.479 e. The summed E-state index contributed by atoms with van der Waals surface area (Å²) in [6.45, 7) is 7.92. The topological polar surface area (TPSA) is 86.7 Å². The Morgan fingerprint density at radius 3 is 2.38 bits per heavy atom. The molecule has 0 spiro atoms. The maximum Gasteiger partial charge on any atom is 0.329 e. The van der Waals surface area contributed by atoms with Gasteiger partial charge >= 0.3 is 5.97 Å². The van der Waals surface area contributed by atoms with Crippen molar-refractivity contribution in [1.29, 1.82) is 0 Å². The lowest BCUT2D eigenvalue weighted by atomic mass is 9.92. The van der Waals surface area contributed by atoms with Crippen LogP contribution in [0.15, 0.2) is 0 Å². The smallest absolute Gasteiger partial charge is 0.329 e. The number of amides is 2. The van der Waals surface area contributed by atoms with Crippen LogP contribution in [-0.4, -0.2) is 46.4 Å². The summed E-state index contributed by atoms with van der Waals surface area (Å²) in [6, 6.07) is 0. The Kier molecular flexibility index (Phi) is 5.36. The molecule has 1 rings (SSSR count). The number of nitrogens with one attached hydrogen (secondary N) is 1. The maximum atomic E-state index is 12.3. The molecule has 1 heterocycles. The van der Waals surface area contributed by atoms with Crippen LogP contribution in [0.5, 0.6) is 0 Å². The first-order valence-electron chi connectivity index (χ1n) is 7.47. The Morgan fingerprint density at radius 2 is 1.90 bits per heavy atom. The lowest BCUT2D eigenvalue weighted by Gasteiger charge is -2.34. The predicted octanol–water partition coefficient (Wildman–Crippen LogP) is 1.39. The molecule has 0 bridgehead atoms. The summed E-state index contributed by atoms with van der Waals surface area (Å²) in [7, 11) is 0. The van der Waals surface area contributed by atoms with Crippen molar-refractivity contribution < 1.29 is 19.5 Å². The molecule has 2 N–H and O–H groups in total. The Labute approximate surface area is 125 Å². The minimum absolute atomic E-state index is 0.114. The molecule has 0 aromatic rings. The van der Waals surface area contributed by atoms with Crippen molar-refractivity contribution in [2.24, 2.45) is 5.41 Å². The Balaban J connectivity index is 2.60. The average Bonchev–Trinajstić information content (AvgIpc) is 2.82. The number of carbonyl (C=O) groups is 3. The van der Waals surface area contributed by atoms with Gasteiger partial charge in [-0.3, -0.25) is 9.59 Å². The number of carbonyl (C=O) groups excluding carboxylic acids is 2. The monoisotopic (exact) mass is 298 g/mol. The van der Waals surface area contributed by atoms with Crippen LogP contribution in [-0.2, 0) is 14.4 Å². The first-order valence-corrected chi connectivity index (χ1v) is 7.47. The van der Waals surface area contributed by atoms with Crippen molar-refractivity contribution >= 4 is 17.8 Å². The molecule has 0 radical (unpaired) electrons. The first-order chi connectivity index (χ1) is 9.65. The number of aliphatic carboxylic acids is 1. The van der Waals surface area contributed by atoms with Gasteiger partial charge in [0.2, 0.25) is 11.8 Å².